The zero-order valence-electron chi connectivity index (χ0n) is 17.7. The zero-order chi connectivity index (χ0) is 21.7. The second-order valence-corrected chi connectivity index (χ2v) is 8.98. The van der Waals surface area contributed by atoms with E-state index in [1.807, 2.05) is 26.0 Å². The van der Waals surface area contributed by atoms with E-state index in [0.717, 1.165) is 0 Å². The van der Waals surface area contributed by atoms with Gasteiger partial charge in [-0.1, -0.05) is 18.2 Å². The van der Waals surface area contributed by atoms with Gasteiger partial charge in [0.05, 0.1) is 11.5 Å². The first kappa shape index (κ1) is 21.1. The molecule has 1 unspecified atom stereocenters. The fourth-order valence-electron chi connectivity index (χ4n) is 5.47. The number of nitrogens with zero attached hydrogens (tertiary/aromatic N) is 2. The molecule has 0 aliphatic carbocycles. The first-order valence-corrected chi connectivity index (χ1v) is 10.7. The number of aliphatic hydroxyl groups is 1. The summed E-state index contributed by atoms with van der Waals surface area (Å²) in [6, 6.07) is -0.891. The van der Waals surface area contributed by atoms with Gasteiger partial charge in [-0.15, -0.1) is 0 Å². The SMILES string of the molecule is CC(C)N1CC=C[C@]23O[C@]4(C)C=CCOC(=O)[C@@H]4[C@H]2C(=O)N(CCCCO)C3C1=O. The summed E-state index contributed by atoms with van der Waals surface area (Å²) in [5.41, 5.74) is -2.25. The maximum absolute atomic E-state index is 13.7. The van der Waals surface area contributed by atoms with E-state index in [2.05, 4.69) is 0 Å². The van der Waals surface area contributed by atoms with E-state index < -0.39 is 35.0 Å². The molecule has 4 heterocycles. The van der Waals surface area contributed by atoms with Gasteiger partial charge in [0.15, 0.2) is 0 Å². The average molecular weight is 418 g/mol. The lowest BCUT2D eigenvalue weighted by atomic mass is 9.75. The molecule has 0 aromatic carbocycles. The van der Waals surface area contributed by atoms with Crippen molar-refractivity contribution in [2.24, 2.45) is 11.8 Å². The quantitative estimate of drug-likeness (QED) is 0.400. The highest BCUT2D eigenvalue weighted by Gasteiger charge is 2.74. The molecule has 8 nitrogen and oxygen atoms in total. The Bertz CT molecular complexity index is 807. The highest BCUT2D eigenvalue weighted by Crippen LogP contribution is 2.57. The minimum Gasteiger partial charge on any atom is -0.461 e. The van der Waals surface area contributed by atoms with Crippen LogP contribution in [0.4, 0.5) is 0 Å². The summed E-state index contributed by atoms with van der Waals surface area (Å²) in [6.45, 7) is 6.57. The van der Waals surface area contributed by atoms with Crippen LogP contribution in [0.25, 0.3) is 0 Å². The monoisotopic (exact) mass is 418 g/mol. The molecule has 1 N–H and O–H groups in total. The number of rotatable bonds is 5. The molecule has 0 bridgehead atoms. The molecule has 8 heteroatoms. The molecule has 4 aliphatic rings. The van der Waals surface area contributed by atoms with E-state index in [0.29, 0.717) is 25.9 Å². The Morgan fingerprint density at radius 3 is 2.60 bits per heavy atom. The summed E-state index contributed by atoms with van der Waals surface area (Å²) in [4.78, 5) is 43.6. The van der Waals surface area contributed by atoms with Gasteiger partial charge in [-0.05, 0) is 39.7 Å². The van der Waals surface area contributed by atoms with Crippen molar-refractivity contribution >= 4 is 17.8 Å². The number of esters is 1. The number of carbonyl (C=O) groups excluding carboxylic acids is 3. The van der Waals surface area contributed by atoms with Crippen LogP contribution in [0.2, 0.25) is 0 Å². The normalized spacial score (nSPS) is 37.8. The van der Waals surface area contributed by atoms with Crippen LogP contribution < -0.4 is 0 Å². The van der Waals surface area contributed by atoms with E-state index in [1.54, 1.807) is 28.9 Å². The fourth-order valence-corrected chi connectivity index (χ4v) is 5.47. The predicted octanol–water partition coefficient (Wildman–Crippen LogP) is 0.650. The third-order valence-corrected chi connectivity index (χ3v) is 6.77. The van der Waals surface area contributed by atoms with Gasteiger partial charge in [-0.3, -0.25) is 14.4 Å². The molecular formula is C22H30N2O6. The van der Waals surface area contributed by atoms with E-state index >= 15 is 0 Å². The van der Waals surface area contributed by atoms with Crippen molar-refractivity contribution in [2.75, 3.05) is 26.3 Å². The Labute approximate surface area is 176 Å². The Kier molecular flexibility index (Phi) is 5.26. The molecule has 164 valence electrons. The second kappa shape index (κ2) is 7.50. The van der Waals surface area contributed by atoms with Gasteiger partial charge in [-0.2, -0.15) is 0 Å². The summed E-state index contributed by atoms with van der Waals surface area (Å²) in [6.07, 6.45) is 8.31. The molecular weight excluding hydrogens is 388 g/mol. The number of amides is 2. The summed E-state index contributed by atoms with van der Waals surface area (Å²) in [5.74, 6) is -2.56. The number of unbranched alkanes of at least 4 members (excludes halogenated alkanes) is 1. The van der Waals surface area contributed by atoms with E-state index in [9.17, 15) is 19.5 Å². The number of likely N-dealkylation sites (tertiary alicyclic amines) is 1. The van der Waals surface area contributed by atoms with Crippen LogP contribution in [0.3, 0.4) is 0 Å². The highest BCUT2D eigenvalue weighted by atomic mass is 16.6. The van der Waals surface area contributed by atoms with Crippen LogP contribution in [0.15, 0.2) is 24.3 Å². The molecule has 5 atom stereocenters. The number of aliphatic hydroxyl groups excluding tert-OH is 1. The maximum atomic E-state index is 13.7. The van der Waals surface area contributed by atoms with Gasteiger partial charge in [0.1, 0.15) is 24.2 Å². The first-order valence-electron chi connectivity index (χ1n) is 10.7. The van der Waals surface area contributed by atoms with Crippen LogP contribution >= 0.6 is 0 Å². The van der Waals surface area contributed by atoms with Gasteiger partial charge in [-0.25, -0.2) is 0 Å². The van der Waals surface area contributed by atoms with Crippen LogP contribution in [-0.4, -0.2) is 82.3 Å². The van der Waals surface area contributed by atoms with E-state index in [1.165, 1.54) is 0 Å². The van der Waals surface area contributed by atoms with Gasteiger partial charge in [0, 0.05) is 25.7 Å². The predicted molar refractivity (Wildman–Crippen MR) is 107 cm³/mol. The lowest BCUT2D eigenvalue weighted by Gasteiger charge is -2.38. The molecule has 0 radical (unpaired) electrons. The molecule has 4 rings (SSSR count). The summed E-state index contributed by atoms with van der Waals surface area (Å²) >= 11 is 0. The first-order chi connectivity index (χ1) is 14.3. The van der Waals surface area contributed by atoms with Crippen molar-refractivity contribution in [1.82, 2.24) is 9.80 Å². The number of hydrogen-bond donors (Lipinski definition) is 1. The van der Waals surface area contributed by atoms with Crippen LogP contribution in [0.1, 0.15) is 33.6 Å². The third-order valence-electron chi connectivity index (χ3n) is 6.77. The number of carbonyl (C=O) groups is 3. The Balaban J connectivity index is 1.83. The largest absolute Gasteiger partial charge is 0.461 e. The van der Waals surface area contributed by atoms with Crippen molar-refractivity contribution in [1.29, 1.82) is 0 Å². The molecule has 0 aromatic rings. The molecule has 0 aromatic heterocycles. The molecule has 4 aliphatic heterocycles. The Morgan fingerprint density at radius 1 is 1.13 bits per heavy atom. The number of ether oxygens (including phenoxy) is 2. The Hall–Kier alpha value is -2.19. The minimum absolute atomic E-state index is 0.0154. The molecule has 1 spiro atoms. The number of hydrogen-bond acceptors (Lipinski definition) is 6. The minimum atomic E-state index is -1.23. The lowest BCUT2D eigenvalue weighted by Crippen LogP contribution is -2.57. The number of cyclic esters (lactones) is 1. The van der Waals surface area contributed by atoms with Crippen LogP contribution in [0, 0.1) is 11.8 Å². The standard InChI is InChI=1S/C22H30N2O6/c1-14(2)23-11-6-9-22-15(16-20(28)29-13-7-8-21(16,3)30-22)18(26)24(10-4-5-12-25)17(22)19(23)27/h6-9,14-17,25H,4-5,10-13H2,1-3H3/t15-,16-,17?,21+,22-/m0/s1. The summed E-state index contributed by atoms with van der Waals surface area (Å²) in [7, 11) is 0. The van der Waals surface area contributed by atoms with E-state index in [-0.39, 0.29) is 31.1 Å². The van der Waals surface area contributed by atoms with Gasteiger partial charge in [0.25, 0.3) is 0 Å². The number of fused-ring (bicyclic) bond motifs is 2. The van der Waals surface area contributed by atoms with Crippen LogP contribution in [0.5, 0.6) is 0 Å². The third kappa shape index (κ3) is 2.92. The van der Waals surface area contributed by atoms with Crippen molar-refractivity contribution < 1.29 is 29.0 Å². The lowest BCUT2D eigenvalue weighted by molar-refractivity contribution is -0.158. The molecule has 2 amide bonds. The van der Waals surface area contributed by atoms with E-state index in [4.69, 9.17) is 9.47 Å². The topological polar surface area (TPSA) is 96.4 Å². The smallest absolute Gasteiger partial charge is 0.313 e. The average Bonchev–Trinajstić information content (AvgIpc) is 2.93. The van der Waals surface area contributed by atoms with Crippen molar-refractivity contribution in [3.63, 3.8) is 0 Å². The molecule has 2 fully saturated rings. The highest BCUT2D eigenvalue weighted by molar-refractivity contribution is 5.99. The van der Waals surface area contributed by atoms with Crippen molar-refractivity contribution in [2.45, 2.75) is 56.9 Å². The molecule has 2 saturated heterocycles. The van der Waals surface area contributed by atoms with Gasteiger partial charge < -0.3 is 24.4 Å². The summed E-state index contributed by atoms with van der Waals surface area (Å²) in [5, 5.41) is 9.18. The van der Waals surface area contributed by atoms with Crippen LogP contribution in [-0.2, 0) is 23.9 Å². The fraction of sp³-hybridized carbons (Fsp3) is 0.682. The van der Waals surface area contributed by atoms with Gasteiger partial charge in [0.2, 0.25) is 11.8 Å². The Morgan fingerprint density at radius 2 is 1.90 bits per heavy atom. The molecule has 0 saturated carbocycles. The second-order valence-electron chi connectivity index (χ2n) is 8.98. The van der Waals surface area contributed by atoms with Gasteiger partial charge >= 0.3 is 5.97 Å². The van der Waals surface area contributed by atoms with Crippen molar-refractivity contribution in [3.05, 3.63) is 24.3 Å². The zero-order valence-corrected chi connectivity index (χ0v) is 17.7. The molecule has 30 heavy (non-hydrogen) atoms. The summed E-state index contributed by atoms with van der Waals surface area (Å²) < 4.78 is 11.9. The van der Waals surface area contributed by atoms with Crippen molar-refractivity contribution in [3.8, 4) is 0 Å². The maximum Gasteiger partial charge on any atom is 0.313 e.